The van der Waals surface area contributed by atoms with Gasteiger partial charge in [0.05, 0.1) is 0 Å². The van der Waals surface area contributed by atoms with Crippen molar-refractivity contribution in [2.45, 2.75) is 20.8 Å². The molecule has 0 saturated carbocycles. The quantitative estimate of drug-likeness (QED) is 0.662. The molecule has 0 saturated heterocycles. The molecule has 0 spiro atoms. The predicted molar refractivity (Wildman–Crippen MR) is 103 cm³/mol. The Balaban J connectivity index is 0.00000220. The SMILES string of the molecule is CCN(CC)c1ccc(C=Cc2ccnc(C)c2)cc1.I. The van der Waals surface area contributed by atoms with Crippen LogP contribution >= 0.6 is 24.0 Å². The maximum atomic E-state index is 4.21. The van der Waals surface area contributed by atoms with Crippen molar-refractivity contribution in [2.75, 3.05) is 18.0 Å². The van der Waals surface area contributed by atoms with Gasteiger partial charge in [0.15, 0.2) is 0 Å². The van der Waals surface area contributed by atoms with Crippen molar-refractivity contribution in [3.05, 3.63) is 59.4 Å². The molecule has 2 aromatic rings. The van der Waals surface area contributed by atoms with E-state index in [1.165, 1.54) is 16.8 Å². The van der Waals surface area contributed by atoms with Crippen molar-refractivity contribution < 1.29 is 0 Å². The van der Waals surface area contributed by atoms with E-state index in [2.05, 4.69) is 66.2 Å². The fourth-order valence-corrected chi connectivity index (χ4v) is 2.25. The van der Waals surface area contributed by atoms with Crippen LogP contribution in [-0.4, -0.2) is 18.1 Å². The molecular formula is C18H23IN2. The lowest BCUT2D eigenvalue weighted by Crippen LogP contribution is -2.21. The van der Waals surface area contributed by atoms with E-state index in [1.54, 1.807) is 0 Å². The summed E-state index contributed by atoms with van der Waals surface area (Å²) >= 11 is 0. The lowest BCUT2D eigenvalue weighted by atomic mass is 10.1. The second kappa shape index (κ2) is 8.82. The van der Waals surface area contributed by atoms with Gasteiger partial charge in [-0.2, -0.15) is 0 Å². The van der Waals surface area contributed by atoms with Gasteiger partial charge in [0, 0.05) is 30.7 Å². The fraction of sp³-hybridized carbons (Fsp3) is 0.278. The average molecular weight is 394 g/mol. The van der Waals surface area contributed by atoms with Crippen molar-refractivity contribution in [1.29, 1.82) is 0 Å². The van der Waals surface area contributed by atoms with Crippen LogP contribution in [-0.2, 0) is 0 Å². The number of nitrogens with zero attached hydrogens (tertiary/aromatic N) is 2. The van der Waals surface area contributed by atoms with E-state index in [1.807, 2.05) is 19.2 Å². The van der Waals surface area contributed by atoms with Gasteiger partial charge in [0.2, 0.25) is 0 Å². The molecule has 0 aliphatic rings. The van der Waals surface area contributed by atoms with Gasteiger partial charge in [0.1, 0.15) is 0 Å². The Morgan fingerprint density at radius 3 is 2.14 bits per heavy atom. The molecule has 0 fully saturated rings. The predicted octanol–water partition coefficient (Wildman–Crippen LogP) is 5.02. The van der Waals surface area contributed by atoms with Crippen molar-refractivity contribution in [2.24, 2.45) is 0 Å². The summed E-state index contributed by atoms with van der Waals surface area (Å²) < 4.78 is 0. The summed E-state index contributed by atoms with van der Waals surface area (Å²) in [5, 5.41) is 0. The summed E-state index contributed by atoms with van der Waals surface area (Å²) in [4.78, 5) is 6.55. The molecule has 0 atom stereocenters. The summed E-state index contributed by atoms with van der Waals surface area (Å²) in [6.07, 6.45) is 6.11. The summed E-state index contributed by atoms with van der Waals surface area (Å²) in [5.41, 5.74) is 4.73. The van der Waals surface area contributed by atoms with Crippen LogP contribution in [0.5, 0.6) is 0 Å². The lowest BCUT2D eigenvalue weighted by Gasteiger charge is -2.20. The minimum atomic E-state index is 0. The minimum absolute atomic E-state index is 0. The summed E-state index contributed by atoms with van der Waals surface area (Å²) in [6, 6.07) is 12.8. The molecule has 1 aromatic carbocycles. The average Bonchev–Trinajstić information content (AvgIpc) is 2.48. The number of pyridine rings is 1. The summed E-state index contributed by atoms with van der Waals surface area (Å²) in [7, 11) is 0. The molecule has 0 N–H and O–H groups in total. The Kier molecular flexibility index (Phi) is 7.43. The molecule has 0 aliphatic carbocycles. The molecule has 1 heterocycles. The highest BCUT2D eigenvalue weighted by Crippen LogP contribution is 2.16. The van der Waals surface area contributed by atoms with Gasteiger partial charge >= 0.3 is 0 Å². The van der Waals surface area contributed by atoms with Gasteiger partial charge < -0.3 is 4.90 Å². The van der Waals surface area contributed by atoms with Crippen LogP contribution in [0.25, 0.3) is 12.2 Å². The first kappa shape index (κ1) is 17.7. The second-order valence-electron chi connectivity index (χ2n) is 4.83. The third-order valence-corrected chi connectivity index (χ3v) is 3.41. The third-order valence-electron chi connectivity index (χ3n) is 3.41. The molecule has 0 bridgehead atoms. The van der Waals surface area contributed by atoms with E-state index < -0.39 is 0 Å². The van der Waals surface area contributed by atoms with Crippen LogP contribution in [0, 0.1) is 6.92 Å². The molecule has 1 aromatic heterocycles. The number of anilines is 1. The molecular weight excluding hydrogens is 371 g/mol. The molecule has 3 heteroatoms. The first-order chi connectivity index (χ1) is 9.72. The van der Waals surface area contributed by atoms with Gasteiger partial charge in [-0.05, 0) is 56.2 Å². The van der Waals surface area contributed by atoms with Gasteiger partial charge in [-0.3, -0.25) is 4.98 Å². The monoisotopic (exact) mass is 394 g/mol. The second-order valence-corrected chi connectivity index (χ2v) is 4.83. The van der Waals surface area contributed by atoms with Gasteiger partial charge in [0.25, 0.3) is 0 Å². The molecule has 0 unspecified atom stereocenters. The zero-order valence-electron chi connectivity index (χ0n) is 12.9. The Morgan fingerprint density at radius 1 is 0.952 bits per heavy atom. The van der Waals surface area contributed by atoms with E-state index in [-0.39, 0.29) is 24.0 Å². The molecule has 21 heavy (non-hydrogen) atoms. The van der Waals surface area contributed by atoms with Crippen molar-refractivity contribution in [3.8, 4) is 0 Å². The van der Waals surface area contributed by atoms with E-state index in [9.17, 15) is 0 Å². The van der Waals surface area contributed by atoms with Crippen LogP contribution in [0.3, 0.4) is 0 Å². The van der Waals surface area contributed by atoms with E-state index >= 15 is 0 Å². The number of benzene rings is 1. The Bertz CT molecular complexity index is 572. The van der Waals surface area contributed by atoms with Crippen molar-refractivity contribution >= 4 is 41.8 Å². The summed E-state index contributed by atoms with van der Waals surface area (Å²) in [5.74, 6) is 0. The molecule has 2 rings (SSSR count). The normalized spacial score (nSPS) is 10.4. The molecule has 0 amide bonds. The first-order valence-electron chi connectivity index (χ1n) is 7.18. The van der Waals surface area contributed by atoms with E-state index in [0.717, 1.165) is 18.8 Å². The van der Waals surface area contributed by atoms with Crippen LogP contribution in [0.2, 0.25) is 0 Å². The number of halogens is 1. The largest absolute Gasteiger partial charge is 0.372 e. The third kappa shape index (κ3) is 5.16. The van der Waals surface area contributed by atoms with Gasteiger partial charge in [-0.25, -0.2) is 0 Å². The van der Waals surface area contributed by atoms with Crippen LogP contribution in [0.4, 0.5) is 5.69 Å². The van der Waals surface area contributed by atoms with Crippen LogP contribution < -0.4 is 4.90 Å². The number of hydrogen-bond donors (Lipinski definition) is 0. The molecule has 0 aliphatic heterocycles. The fourth-order valence-electron chi connectivity index (χ4n) is 2.25. The number of rotatable bonds is 5. The number of aromatic nitrogens is 1. The number of hydrogen-bond acceptors (Lipinski definition) is 2. The minimum Gasteiger partial charge on any atom is -0.372 e. The smallest absolute Gasteiger partial charge is 0.0378 e. The Hall–Kier alpha value is -1.36. The summed E-state index contributed by atoms with van der Waals surface area (Å²) in [6.45, 7) is 8.46. The van der Waals surface area contributed by atoms with Gasteiger partial charge in [-0.15, -0.1) is 24.0 Å². The zero-order chi connectivity index (χ0) is 14.4. The Labute approximate surface area is 144 Å². The van der Waals surface area contributed by atoms with Crippen molar-refractivity contribution in [1.82, 2.24) is 4.98 Å². The van der Waals surface area contributed by atoms with Crippen molar-refractivity contribution in [3.63, 3.8) is 0 Å². The van der Waals surface area contributed by atoms with E-state index in [0.29, 0.717) is 0 Å². The first-order valence-corrected chi connectivity index (χ1v) is 7.18. The number of aryl methyl sites for hydroxylation is 1. The van der Waals surface area contributed by atoms with Crippen LogP contribution in [0.1, 0.15) is 30.7 Å². The van der Waals surface area contributed by atoms with Gasteiger partial charge in [-0.1, -0.05) is 24.3 Å². The highest BCUT2D eigenvalue weighted by Gasteiger charge is 2.00. The topological polar surface area (TPSA) is 16.1 Å². The molecule has 2 nitrogen and oxygen atoms in total. The highest BCUT2D eigenvalue weighted by atomic mass is 127. The van der Waals surface area contributed by atoms with Crippen LogP contribution in [0.15, 0.2) is 42.6 Å². The maximum absolute atomic E-state index is 4.21. The van der Waals surface area contributed by atoms with E-state index in [4.69, 9.17) is 0 Å². The maximum Gasteiger partial charge on any atom is 0.0378 e. The highest BCUT2D eigenvalue weighted by molar-refractivity contribution is 14.0. The molecule has 0 radical (unpaired) electrons. The molecule has 112 valence electrons. The Morgan fingerprint density at radius 2 is 1.57 bits per heavy atom. The standard InChI is InChI=1S/C18H22N2.HI/c1-4-20(5-2)18-10-8-16(9-11-18)6-7-17-12-13-19-15(3)14-17;/h6-14H,4-5H2,1-3H3;1H. The lowest BCUT2D eigenvalue weighted by molar-refractivity contribution is 0.866. The zero-order valence-corrected chi connectivity index (χ0v) is 15.2.